The zero-order valence-electron chi connectivity index (χ0n) is 12.3. The topological polar surface area (TPSA) is 59.6 Å². The van der Waals surface area contributed by atoms with Crippen LogP contribution in [0.5, 0.6) is 0 Å². The lowest BCUT2D eigenvalue weighted by Gasteiger charge is -2.35. The van der Waals surface area contributed by atoms with Crippen LogP contribution in [0.1, 0.15) is 32.6 Å². The first-order chi connectivity index (χ1) is 9.25. The molecule has 1 rings (SSSR count). The Bertz CT molecular complexity index is 248. The van der Waals surface area contributed by atoms with E-state index < -0.39 is 0 Å². The molecule has 5 heteroatoms. The molecule has 0 saturated carbocycles. The number of rotatable bonds is 9. The predicted molar refractivity (Wildman–Crippen MR) is 75.1 cm³/mol. The molecule has 5 nitrogen and oxygen atoms in total. The molecule has 0 spiro atoms. The largest absolute Gasteiger partial charge is 0.384 e. The molecule has 0 aromatic rings. The molecule has 1 amide bonds. The van der Waals surface area contributed by atoms with Crippen molar-refractivity contribution in [2.24, 2.45) is 5.41 Å². The molecule has 112 valence electrons. The normalized spacial score (nSPS) is 18.2. The third-order valence-corrected chi connectivity index (χ3v) is 3.67. The van der Waals surface area contributed by atoms with Gasteiger partial charge >= 0.3 is 0 Å². The summed E-state index contributed by atoms with van der Waals surface area (Å²) >= 11 is 0. The molecule has 0 aromatic carbocycles. The average Bonchev–Trinajstić information content (AvgIpc) is 2.44. The van der Waals surface area contributed by atoms with Gasteiger partial charge in [0.2, 0.25) is 5.91 Å². The van der Waals surface area contributed by atoms with Crippen LogP contribution in [-0.4, -0.2) is 52.5 Å². The number of piperidine rings is 1. The van der Waals surface area contributed by atoms with Crippen molar-refractivity contribution in [2.75, 3.05) is 46.6 Å². The highest BCUT2D eigenvalue weighted by atomic mass is 16.5. The van der Waals surface area contributed by atoms with Crippen LogP contribution < -0.4 is 10.6 Å². The summed E-state index contributed by atoms with van der Waals surface area (Å²) in [6, 6.07) is 0. The Labute approximate surface area is 116 Å². The minimum Gasteiger partial charge on any atom is -0.384 e. The number of methoxy groups -OCH3 is 1. The second-order valence-electron chi connectivity index (χ2n) is 5.12. The maximum Gasteiger partial charge on any atom is 0.228 e. The zero-order chi connectivity index (χ0) is 14.0. The molecule has 0 aromatic heterocycles. The maximum absolute atomic E-state index is 12.3. The van der Waals surface area contributed by atoms with Crippen molar-refractivity contribution in [2.45, 2.75) is 32.6 Å². The van der Waals surface area contributed by atoms with E-state index in [1.807, 2.05) is 6.92 Å². The molecule has 1 aliphatic heterocycles. The van der Waals surface area contributed by atoms with Crippen molar-refractivity contribution in [1.82, 2.24) is 10.6 Å². The second kappa shape index (κ2) is 9.28. The number of nitrogens with one attached hydrogen (secondary N) is 2. The van der Waals surface area contributed by atoms with Crippen LogP contribution in [0.25, 0.3) is 0 Å². The average molecular weight is 272 g/mol. The summed E-state index contributed by atoms with van der Waals surface area (Å²) < 4.78 is 10.5. The summed E-state index contributed by atoms with van der Waals surface area (Å²) in [5, 5.41) is 6.34. The molecule has 1 saturated heterocycles. The van der Waals surface area contributed by atoms with E-state index in [0.717, 1.165) is 58.5 Å². The molecule has 1 aliphatic rings. The molecule has 0 unspecified atom stereocenters. The lowest BCUT2D eigenvalue weighted by molar-refractivity contribution is -0.136. The SMILES string of the molecule is CCOCCCCNC(=O)C1(COC)CCNCC1. The smallest absolute Gasteiger partial charge is 0.228 e. The number of carbonyl (C=O) groups excluding carboxylic acids is 1. The Morgan fingerprint density at radius 2 is 2.05 bits per heavy atom. The lowest BCUT2D eigenvalue weighted by Crippen LogP contribution is -2.50. The van der Waals surface area contributed by atoms with Gasteiger partial charge in [0.05, 0.1) is 12.0 Å². The third-order valence-electron chi connectivity index (χ3n) is 3.67. The van der Waals surface area contributed by atoms with E-state index in [1.165, 1.54) is 0 Å². The van der Waals surface area contributed by atoms with Crippen molar-refractivity contribution in [3.05, 3.63) is 0 Å². The van der Waals surface area contributed by atoms with Gasteiger partial charge in [-0.25, -0.2) is 0 Å². The third kappa shape index (κ3) is 5.47. The number of carbonyl (C=O) groups is 1. The van der Waals surface area contributed by atoms with Gasteiger partial charge in [0.1, 0.15) is 0 Å². The fourth-order valence-electron chi connectivity index (χ4n) is 2.48. The van der Waals surface area contributed by atoms with Crippen LogP contribution in [0.3, 0.4) is 0 Å². The zero-order valence-corrected chi connectivity index (χ0v) is 12.3. The van der Waals surface area contributed by atoms with Gasteiger partial charge in [0, 0.05) is 26.9 Å². The summed E-state index contributed by atoms with van der Waals surface area (Å²) in [6.45, 7) is 6.55. The van der Waals surface area contributed by atoms with E-state index in [1.54, 1.807) is 7.11 Å². The molecule has 0 radical (unpaired) electrons. The van der Waals surface area contributed by atoms with Gasteiger partial charge in [0.15, 0.2) is 0 Å². The Balaban J connectivity index is 2.28. The van der Waals surface area contributed by atoms with E-state index in [0.29, 0.717) is 6.61 Å². The summed E-state index contributed by atoms with van der Waals surface area (Å²) in [5.74, 6) is 0.146. The monoisotopic (exact) mass is 272 g/mol. The number of unbranched alkanes of at least 4 members (excludes halogenated alkanes) is 1. The fourth-order valence-corrected chi connectivity index (χ4v) is 2.48. The van der Waals surface area contributed by atoms with Crippen LogP contribution in [0, 0.1) is 5.41 Å². The van der Waals surface area contributed by atoms with Crippen molar-refractivity contribution < 1.29 is 14.3 Å². The van der Waals surface area contributed by atoms with Gasteiger partial charge in [-0.15, -0.1) is 0 Å². The molecule has 1 fully saturated rings. The molecule has 0 aliphatic carbocycles. The number of hydrogen-bond donors (Lipinski definition) is 2. The van der Waals surface area contributed by atoms with E-state index >= 15 is 0 Å². The summed E-state index contributed by atoms with van der Waals surface area (Å²) in [7, 11) is 1.67. The van der Waals surface area contributed by atoms with E-state index in [4.69, 9.17) is 9.47 Å². The molecular formula is C14H28N2O3. The number of hydrogen-bond acceptors (Lipinski definition) is 4. The highest BCUT2D eigenvalue weighted by Crippen LogP contribution is 2.29. The Morgan fingerprint density at radius 3 is 2.68 bits per heavy atom. The molecule has 2 N–H and O–H groups in total. The number of amides is 1. The van der Waals surface area contributed by atoms with E-state index in [-0.39, 0.29) is 11.3 Å². The van der Waals surface area contributed by atoms with Crippen molar-refractivity contribution >= 4 is 5.91 Å². The van der Waals surface area contributed by atoms with Gasteiger partial charge in [-0.1, -0.05) is 0 Å². The van der Waals surface area contributed by atoms with Crippen LogP contribution in [0.15, 0.2) is 0 Å². The first-order valence-electron chi connectivity index (χ1n) is 7.31. The van der Waals surface area contributed by atoms with Crippen LogP contribution in [-0.2, 0) is 14.3 Å². The first-order valence-corrected chi connectivity index (χ1v) is 7.31. The van der Waals surface area contributed by atoms with Crippen LogP contribution >= 0.6 is 0 Å². The van der Waals surface area contributed by atoms with Gasteiger partial charge in [-0.05, 0) is 45.7 Å². The van der Waals surface area contributed by atoms with Crippen molar-refractivity contribution in [3.63, 3.8) is 0 Å². The van der Waals surface area contributed by atoms with E-state index in [9.17, 15) is 4.79 Å². The minimum atomic E-state index is -0.333. The van der Waals surface area contributed by atoms with Crippen LogP contribution in [0.4, 0.5) is 0 Å². The standard InChI is InChI=1S/C14H28N2O3/c1-3-19-11-5-4-8-16-13(17)14(12-18-2)6-9-15-10-7-14/h15H,3-12H2,1-2H3,(H,16,17). The first kappa shape index (κ1) is 16.4. The van der Waals surface area contributed by atoms with Crippen molar-refractivity contribution in [3.8, 4) is 0 Å². The van der Waals surface area contributed by atoms with E-state index in [2.05, 4.69) is 10.6 Å². The highest BCUT2D eigenvalue weighted by molar-refractivity contribution is 5.82. The number of ether oxygens (including phenoxy) is 2. The molecule has 0 bridgehead atoms. The lowest BCUT2D eigenvalue weighted by atomic mass is 9.78. The second-order valence-corrected chi connectivity index (χ2v) is 5.12. The van der Waals surface area contributed by atoms with Crippen molar-refractivity contribution in [1.29, 1.82) is 0 Å². The fraction of sp³-hybridized carbons (Fsp3) is 0.929. The summed E-state index contributed by atoms with van der Waals surface area (Å²) in [6.07, 6.45) is 3.66. The minimum absolute atomic E-state index is 0.146. The summed E-state index contributed by atoms with van der Waals surface area (Å²) in [5.41, 5.74) is -0.333. The predicted octanol–water partition coefficient (Wildman–Crippen LogP) is 0.936. The molecule has 19 heavy (non-hydrogen) atoms. The Kier molecular flexibility index (Phi) is 8.02. The maximum atomic E-state index is 12.3. The Morgan fingerprint density at radius 1 is 1.32 bits per heavy atom. The Hall–Kier alpha value is -0.650. The molecule has 1 heterocycles. The summed E-state index contributed by atoms with van der Waals surface area (Å²) in [4.78, 5) is 12.3. The van der Waals surface area contributed by atoms with Gasteiger partial charge in [-0.3, -0.25) is 4.79 Å². The molecule has 0 atom stereocenters. The van der Waals surface area contributed by atoms with Crippen LogP contribution in [0.2, 0.25) is 0 Å². The highest BCUT2D eigenvalue weighted by Gasteiger charge is 2.39. The molecular weight excluding hydrogens is 244 g/mol. The van der Waals surface area contributed by atoms with Gasteiger partial charge in [-0.2, -0.15) is 0 Å². The van der Waals surface area contributed by atoms with Gasteiger partial charge < -0.3 is 20.1 Å². The van der Waals surface area contributed by atoms with Gasteiger partial charge in [0.25, 0.3) is 0 Å². The quantitative estimate of drug-likeness (QED) is 0.613.